The van der Waals surface area contributed by atoms with E-state index in [1.54, 1.807) is 36.2 Å². The average Bonchev–Trinajstić information content (AvgIpc) is 3.27. The monoisotopic (exact) mass is 436 g/mol. The van der Waals surface area contributed by atoms with Crippen molar-refractivity contribution in [3.63, 3.8) is 0 Å². The zero-order chi connectivity index (χ0) is 22.8. The fourth-order valence-electron chi connectivity index (χ4n) is 3.87. The van der Waals surface area contributed by atoms with E-state index in [2.05, 4.69) is 10.1 Å². The lowest BCUT2D eigenvalue weighted by Gasteiger charge is -2.20. The first kappa shape index (κ1) is 21.6. The number of rotatable bonds is 5. The van der Waals surface area contributed by atoms with Gasteiger partial charge in [0, 0.05) is 50.9 Å². The SMILES string of the molecule is Cc1ccc(=O)n(CC(=O)N2CC[C@@H](c3nc(N(C)C)ncc3-c3ccc(F)cc3)C2)n1. The lowest BCUT2D eigenvalue weighted by molar-refractivity contribution is -0.131. The minimum atomic E-state index is -0.307. The Morgan fingerprint density at radius 3 is 2.66 bits per heavy atom. The summed E-state index contributed by atoms with van der Waals surface area (Å²) in [5, 5.41) is 4.15. The molecule has 0 N–H and O–H groups in total. The number of halogens is 1. The summed E-state index contributed by atoms with van der Waals surface area (Å²) in [6.07, 6.45) is 2.49. The van der Waals surface area contributed by atoms with Crippen LogP contribution < -0.4 is 10.5 Å². The molecule has 1 fully saturated rings. The quantitative estimate of drug-likeness (QED) is 0.610. The predicted molar refractivity (Wildman–Crippen MR) is 119 cm³/mol. The third kappa shape index (κ3) is 4.51. The molecule has 1 aromatic carbocycles. The van der Waals surface area contributed by atoms with Gasteiger partial charge in [-0.15, -0.1) is 0 Å². The van der Waals surface area contributed by atoms with Crippen molar-refractivity contribution in [3.8, 4) is 11.1 Å². The summed E-state index contributed by atoms with van der Waals surface area (Å²) in [6.45, 7) is 2.73. The van der Waals surface area contributed by atoms with Crippen molar-refractivity contribution in [1.29, 1.82) is 0 Å². The Balaban J connectivity index is 1.59. The molecule has 8 nitrogen and oxygen atoms in total. The highest BCUT2D eigenvalue weighted by molar-refractivity contribution is 5.76. The smallest absolute Gasteiger partial charge is 0.267 e. The van der Waals surface area contributed by atoms with Crippen LogP contribution >= 0.6 is 0 Å². The molecule has 4 rings (SSSR count). The van der Waals surface area contributed by atoms with Gasteiger partial charge < -0.3 is 9.80 Å². The van der Waals surface area contributed by atoms with Crippen LogP contribution in [0.3, 0.4) is 0 Å². The molecule has 0 spiro atoms. The molecule has 2 aromatic heterocycles. The van der Waals surface area contributed by atoms with E-state index < -0.39 is 0 Å². The molecule has 166 valence electrons. The minimum absolute atomic E-state index is 0.00268. The Morgan fingerprint density at radius 1 is 1.19 bits per heavy atom. The Morgan fingerprint density at radius 2 is 1.94 bits per heavy atom. The van der Waals surface area contributed by atoms with Gasteiger partial charge in [0.2, 0.25) is 11.9 Å². The predicted octanol–water partition coefficient (Wildman–Crippen LogP) is 2.23. The van der Waals surface area contributed by atoms with Gasteiger partial charge in [-0.2, -0.15) is 5.10 Å². The van der Waals surface area contributed by atoms with Crippen molar-refractivity contribution in [2.24, 2.45) is 0 Å². The van der Waals surface area contributed by atoms with Crippen molar-refractivity contribution < 1.29 is 9.18 Å². The second kappa shape index (κ2) is 8.86. The fourth-order valence-corrected chi connectivity index (χ4v) is 3.87. The molecule has 1 atom stereocenters. The number of likely N-dealkylation sites (tertiary alicyclic amines) is 1. The van der Waals surface area contributed by atoms with E-state index in [4.69, 9.17) is 4.98 Å². The zero-order valence-corrected chi connectivity index (χ0v) is 18.3. The molecule has 0 bridgehead atoms. The normalized spacial score (nSPS) is 15.8. The molecular formula is C23H25FN6O2. The van der Waals surface area contributed by atoms with Gasteiger partial charge in [0.25, 0.3) is 5.56 Å². The molecule has 1 aliphatic heterocycles. The first-order valence-corrected chi connectivity index (χ1v) is 10.4. The second-order valence-corrected chi connectivity index (χ2v) is 8.17. The summed E-state index contributed by atoms with van der Waals surface area (Å²) in [6, 6.07) is 9.29. The topological polar surface area (TPSA) is 84.2 Å². The highest BCUT2D eigenvalue weighted by Crippen LogP contribution is 2.34. The number of amides is 1. The molecule has 1 amide bonds. The van der Waals surface area contributed by atoms with Crippen LogP contribution in [-0.4, -0.2) is 57.7 Å². The van der Waals surface area contributed by atoms with Gasteiger partial charge in [-0.25, -0.2) is 19.0 Å². The zero-order valence-electron chi connectivity index (χ0n) is 18.3. The standard InChI is InChI=1S/C23H25FN6O2/c1-15-4-9-20(31)30(27-15)14-21(32)29-11-10-17(13-29)22-19(12-25-23(26-22)28(2)3)16-5-7-18(24)8-6-16/h4-9,12,17H,10-11,13-14H2,1-3H3/t17-/m1/s1. The largest absolute Gasteiger partial charge is 0.347 e. The van der Waals surface area contributed by atoms with E-state index in [9.17, 15) is 14.0 Å². The van der Waals surface area contributed by atoms with Gasteiger partial charge in [0.1, 0.15) is 12.4 Å². The van der Waals surface area contributed by atoms with Crippen molar-refractivity contribution in [2.45, 2.75) is 25.8 Å². The molecule has 3 heterocycles. The Bertz CT molecular complexity index is 1190. The molecule has 0 radical (unpaired) electrons. The number of carbonyl (C=O) groups excluding carboxylic acids is 1. The van der Waals surface area contributed by atoms with Crippen LogP contribution in [0.4, 0.5) is 10.3 Å². The van der Waals surface area contributed by atoms with E-state index in [1.807, 2.05) is 19.0 Å². The van der Waals surface area contributed by atoms with E-state index >= 15 is 0 Å². The molecule has 0 unspecified atom stereocenters. The van der Waals surface area contributed by atoms with Crippen molar-refractivity contribution in [2.75, 3.05) is 32.1 Å². The van der Waals surface area contributed by atoms with Crippen molar-refractivity contribution in [1.82, 2.24) is 24.6 Å². The number of anilines is 1. The first-order chi connectivity index (χ1) is 15.3. The van der Waals surface area contributed by atoms with Gasteiger partial charge in [-0.05, 0) is 37.1 Å². The van der Waals surface area contributed by atoms with Gasteiger partial charge in [0.05, 0.1) is 11.4 Å². The van der Waals surface area contributed by atoms with E-state index in [-0.39, 0.29) is 29.7 Å². The number of benzene rings is 1. The van der Waals surface area contributed by atoms with Gasteiger partial charge >= 0.3 is 0 Å². The van der Waals surface area contributed by atoms with Crippen LogP contribution in [-0.2, 0) is 11.3 Å². The van der Waals surface area contributed by atoms with Gasteiger partial charge in [-0.3, -0.25) is 9.59 Å². The van der Waals surface area contributed by atoms with E-state index in [0.29, 0.717) is 24.7 Å². The summed E-state index contributed by atoms with van der Waals surface area (Å²) in [4.78, 5) is 37.7. The van der Waals surface area contributed by atoms with Crippen LogP contribution in [0.5, 0.6) is 0 Å². The molecular weight excluding hydrogens is 411 g/mol. The molecule has 1 aliphatic rings. The minimum Gasteiger partial charge on any atom is -0.347 e. The molecule has 1 saturated heterocycles. The average molecular weight is 436 g/mol. The maximum atomic E-state index is 13.4. The highest BCUT2D eigenvalue weighted by atomic mass is 19.1. The van der Waals surface area contributed by atoms with Crippen molar-refractivity contribution in [3.05, 3.63) is 70.2 Å². The first-order valence-electron chi connectivity index (χ1n) is 10.4. The fraction of sp³-hybridized carbons (Fsp3) is 0.348. The van der Waals surface area contributed by atoms with Gasteiger partial charge in [0.15, 0.2) is 0 Å². The molecule has 0 aliphatic carbocycles. The summed E-state index contributed by atoms with van der Waals surface area (Å²) < 4.78 is 14.6. The van der Waals surface area contributed by atoms with Crippen LogP contribution in [0, 0.1) is 12.7 Å². The van der Waals surface area contributed by atoms with Crippen LogP contribution in [0.15, 0.2) is 47.4 Å². The molecule has 3 aromatic rings. The van der Waals surface area contributed by atoms with Gasteiger partial charge in [-0.1, -0.05) is 12.1 Å². The Hall–Kier alpha value is -3.62. The number of aromatic nitrogens is 4. The van der Waals surface area contributed by atoms with Crippen molar-refractivity contribution >= 4 is 11.9 Å². The Labute approximate surface area is 185 Å². The molecule has 32 heavy (non-hydrogen) atoms. The summed E-state index contributed by atoms with van der Waals surface area (Å²) in [5.74, 6) is 0.116. The van der Waals surface area contributed by atoms with Crippen LogP contribution in [0.1, 0.15) is 23.7 Å². The number of hydrogen-bond acceptors (Lipinski definition) is 6. The number of hydrogen-bond donors (Lipinski definition) is 0. The van der Waals surface area contributed by atoms with E-state index in [0.717, 1.165) is 23.2 Å². The number of carbonyl (C=O) groups is 1. The Kier molecular flexibility index (Phi) is 5.98. The second-order valence-electron chi connectivity index (χ2n) is 8.17. The summed E-state index contributed by atoms with van der Waals surface area (Å²) in [7, 11) is 3.74. The third-order valence-corrected chi connectivity index (χ3v) is 5.57. The summed E-state index contributed by atoms with van der Waals surface area (Å²) >= 11 is 0. The van der Waals surface area contributed by atoms with E-state index in [1.165, 1.54) is 22.9 Å². The lowest BCUT2D eigenvalue weighted by Crippen LogP contribution is -2.36. The number of nitrogens with zero attached hydrogens (tertiary/aromatic N) is 6. The lowest BCUT2D eigenvalue weighted by atomic mass is 9.96. The van der Waals surface area contributed by atoms with Crippen LogP contribution in [0.25, 0.3) is 11.1 Å². The highest BCUT2D eigenvalue weighted by Gasteiger charge is 2.31. The maximum Gasteiger partial charge on any atom is 0.267 e. The molecule has 0 saturated carbocycles. The summed E-state index contributed by atoms with van der Waals surface area (Å²) in [5.41, 5.74) is 2.86. The molecule has 9 heteroatoms. The van der Waals surface area contributed by atoms with Crippen LogP contribution in [0.2, 0.25) is 0 Å². The number of aryl methyl sites for hydroxylation is 1. The maximum absolute atomic E-state index is 13.4. The third-order valence-electron chi connectivity index (χ3n) is 5.57.